The Balaban J connectivity index is 2.14. The van der Waals surface area contributed by atoms with Crippen LogP contribution in [0.3, 0.4) is 0 Å². The number of ketones is 2. The molecule has 2 rings (SSSR count). The van der Waals surface area contributed by atoms with E-state index in [2.05, 4.69) is 0 Å². The highest BCUT2D eigenvalue weighted by Crippen LogP contribution is 2.41. The quantitative estimate of drug-likeness (QED) is 0.604. The summed E-state index contributed by atoms with van der Waals surface area (Å²) < 4.78 is 38.5. The van der Waals surface area contributed by atoms with Gasteiger partial charge in [0.2, 0.25) is 0 Å². The first kappa shape index (κ1) is 17.7. The number of rotatable bonds is 4. The zero-order valence-electron chi connectivity index (χ0n) is 12.5. The molecular formula is C16H16F3NO2S. The van der Waals surface area contributed by atoms with Crippen molar-refractivity contribution in [2.24, 2.45) is 17.8 Å². The fraction of sp³-hybridized carbons (Fsp3) is 0.562. The molecule has 0 saturated heterocycles. The Morgan fingerprint density at radius 3 is 2.57 bits per heavy atom. The van der Waals surface area contributed by atoms with Gasteiger partial charge >= 0.3 is 6.18 Å². The molecule has 0 aliphatic heterocycles. The van der Waals surface area contributed by atoms with Crippen LogP contribution in [-0.4, -0.2) is 17.7 Å². The topological polar surface area (TPSA) is 57.9 Å². The lowest BCUT2D eigenvalue weighted by atomic mass is 9.75. The molecule has 1 heterocycles. The number of nitriles is 1. The standard InChI is InChI=1S/C16H16F3NO2S/c1-9-5-6-13(23-9)15(22)12(8-20)14(21)10-3-2-4-11(7-10)16(17,18)19/h5-6,10-12H,2-4,7H2,1H3/t10-,11+,12+/m0/s1. The van der Waals surface area contributed by atoms with E-state index in [0.29, 0.717) is 11.3 Å². The monoisotopic (exact) mass is 343 g/mol. The van der Waals surface area contributed by atoms with E-state index in [0.717, 1.165) is 4.88 Å². The lowest BCUT2D eigenvalue weighted by Crippen LogP contribution is -2.36. The highest BCUT2D eigenvalue weighted by atomic mass is 32.1. The van der Waals surface area contributed by atoms with Gasteiger partial charge in [-0.15, -0.1) is 11.3 Å². The van der Waals surface area contributed by atoms with E-state index in [9.17, 15) is 28.0 Å². The van der Waals surface area contributed by atoms with Crippen molar-refractivity contribution in [2.45, 2.75) is 38.8 Å². The highest BCUT2D eigenvalue weighted by Gasteiger charge is 2.45. The third-order valence-electron chi connectivity index (χ3n) is 4.20. The van der Waals surface area contributed by atoms with E-state index in [4.69, 9.17) is 0 Å². The Morgan fingerprint density at radius 2 is 2.04 bits per heavy atom. The molecule has 1 aliphatic carbocycles. The molecule has 3 atom stereocenters. The van der Waals surface area contributed by atoms with E-state index in [1.807, 2.05) is 0 Å². The number of aryl methyl sites for hydroxylation is 1. The normalized spacial score (nSPS) is 23.1. The van der Waals surface area contributed by atoms with Crippen molar-refractivity contribution in [1.82, 2.24) is 0 Å². The van der Waals surface area contributed by atoms with Gasteiger partial charge in [-0.1, -0.05) is 6.42 Å². The first-order valence-corrected chi connectivity index (χ1v) is 8.16. The van der Waals surface area contributed by atoms with Gasteiger partial charge in [-0.3, -0.25) is 9.59 Å². The van der Waals surface area contributed by atoms with E-state index < -0.39 is 35.5 Å². The number of hydrogen-bond donors (Lipinski definition) is 0. The fourth-order valence-corrected chi connectivity index (χ4v) is 3.78. The van der Waals surface area contributed by atoms with Gasteiger partial charge in [-0.05, 0) is 38.3 Å². The number of hydrogen-bond acceptors (Lipinski definition) is 4. The van der Waals surface area contributed by atoms with Gasteiger partial charge in [-0.2, -0.15) is 18.4 Å². The van der Waals surface area contributed by atoms with E-state index in [1.54, 1.807) is 25.1 Å². The molecule has 0 amide bonds. The summed E-state index contributed by atoms with van der Waals surface area (Å²) in [5.41, 5.74) is 0. The maximum absolute atomic E-state index is 12.8. The SMILES string of the molecule is Cc1ccc(C(=O)[C@H](C#N)C(=O)[C@H]2CCC[C@@H](C(F)(F)F)C2)s1. The second kappa shape index (κ2) is 6.83. The first-order valence-electron chi connectivity index (χ1n) is 7.34. The molecule has 0 bridgehead atoms. The summed E-state index contributed by atoms with van der Waals surface area (Å²) in [6.07, 6.45) is -4.07. The van der Waals surface area contributed by atoms with Crippen LogP contribution in [0.4, 0.5) is 13.2 Å². The number of Topliss-reactive ketones (excluding diaryl/α,β-unsaturated/α-hetero) is 2. The van der Waals surface area contributed by atoms with Crippen LogP contribution < -0.4 is 0 Å². The van der Waals surface area contributed by atoms with Crippen molar-refractivity contribution in [3.63, 3.8) is 0 Å². The smallest absolute Gasteiger partial charge is 0.297 e. The zero-order valence-corrected chi connectivity index (χ0v) is 13.3. The van der Waals surface area contributed by atoms with Gasteiger partial charge in [0.15, 0.2) is 17.5 Å². The van der Waals surface area contributed by atoms with Crippen LogP contribution in [0.1, 0.15) is 40.2 Å². The van der Waals surface area contributed by atoms with Crippen LogP contribution in [0.25, 0.3) is 0 Å². The average Bonchev–Trinajstić information content (AvgIpc) is 2.93. The van der Waals surface area contributed by atoms with Gasteiger partial charge in [0.25, 0.3) is 0 Å². The first-order chi connectivity index (χ1) is 10.7. The molecule has 3 nitrogen and oxygen atoms in total. The zero-order chi connectivity index (χ0) is 17.2. The van der Waals surface area contributed by atoms with Gasteiger partial charge in [0.05, 0.1) is 16.9 Å². The second-order valence-electron chi connectivity index (χ2n) is 5.84. The maximum atomic E-state index is 12.8. The summed E-state index contributed by atoms with van der Waals surface area (Å²) >= 11 is 1.18. The highest BCUT2D eigenvalue weighted by molar-refractivity contribution is 7.14. The Bertz CT molecular complexity index is 644. The summed E-state index contributed by atoms with van der Waals surface area (Å²) in [4.78, 5) is 25.9. The Hall–Kier alpha value is -1.68. The fourth-order valence-electron chi connectivity index (χ4n) is 2.94. The van der Waals surface area contributed by atoms with E-state index in [-0.39, 0.29) is 19.3 Å². The molecule has 0 radical (unpaired) electrons. The lowest BCUT2D eigenvalue weighted by Gasteiger charge is -2.30. The lowest BCUT2D eigenvalue weighted by molar-refractivity contribution is -0.186. The molecule has 1 aromatic rings. The Kier molecular flexibility index (Phi) is 5.25. The second-order valence-corrected chi connectivity index (χ2v) is 7.13. The number of carbonyl (C=O) groups excluding carboxylic acids is 2. The van der Waals surface area contributed by atoms with Crippen LogP contribution in [-0.2, 0) is 4.79 Å². The summed E-state index contributed by atoms with van der Waals surface area (Å²) in [6, 6.07) is 4.93. The molecule has 124 valence electrons. The van der Waals surface area contributed by atoms with Crippen molar-refractivity contribution >= 4 is 22.9 Å². The summed E-state index contributed by atoms with van der Waals surface area (Å²) in [5, 5.41) is 9.18. The molecule has 1 fully saturated rings. The van der Waals surface area contributed by atoms with Crippen molar-refractivity contribution in [3.8, 4) is 6.07 Å². The van der Waals surface area contributed by atoms with Crippen LogP contribution in [0.5, 0.6) is 0 Å². The van der Waals surface area contributed by atoms with E-state index >= 15 is 0 Å². The minimum absolute atomic E-state index is 0.00255. The predicted molar refractivity (Wildman–Crippen MR) is 79.0 cm³/mol. The number of carbonyl (C=O) groups is 2. The number of halogens is 3. The number of alkyl halides is 3. The number of thiophene rings is 1. The largest absolute Gasteiger partial charge is 0.391 e. The van der Waals surface area contributed by atoms with Crippen LogP contribution >= 0.6 is 11.3 Å². The van der Waals surface area contributed by atoms with Crippen LogP contribution in [0.2, 0.25) is 0 Å². The third kappa shape index (κ3) is 3.99. The maximum Gasteiger partial charge on any atom is 0.391 e. The molecule has 0 N–H and O–H groups in total. The molecule has 1 aliphatic rings. The van der Waals surface area contributed by atoms with Crippen molar-refractivity contribution in [2.75, 3.05) is 0 Å². The van der Waals surface area contributed by atoms with Crippen LogP contribution in [0, 0.1) is 36.0 Å². The van der Waals surface area contributed by atoms with E-state index in [1.165, 1.54) is 11.3 Å². The van der Waals surface area contributed by atoms with Crippen LogP contribution in [0.15, 0.2) is 12.1 Å². The minimum atomic E-state index is -4.34. The average molecular weight is 343 g/mol. The minimum Gasteiger partial charge on any atom is -0.297 e. The van der Waals surface area contributed by atoms with Crippen molar-refractivity contribution in [3.05, 3.63) is 21.9 Å². The molecule has 1 aromatic heterocycles. The predicted octanol–water partition coefficient (Wildman–Crippen LogP) is 4.32. The number of nitrogens with zero attached hydrogens (tertiary/aromatic N) is 1. The molecule has 0 unspecified atom stereocenters. The molecule has 23 heavy (non-hydrogen) atoms. The Labute approximate surface area is 136 Å². The van der Waals surface area contributed by atoms with Gasteiger partial charge in [0, 0.05) is 10.8 Å². The van der Waals surface area contributed by atoms with Gasteiger partial charge < -0.3 is 0 Å². The molecular weight excluding hydrogens is 327 g/mol. The summed E-state index contributed by atoms with van der Waals surface area (Å²) in [5.74, 6) is -5.18. The van der Waals surface area contributed by atoms with Crippen molar-refractivity contribution < 1.29 is 22.8 Å². The molecule has 1 saturated carbocycles. The van der Waals surface area contributed by atoms with Crippen molar-refractivity contribution in [1.29, 1.82) is 5.26 Å². The third-order valence-corrected chi connectivity index (χ3v) is 5.21. The Morgan fingerprint density at radius 1 is 1.35 bits per heavy atom. The summed E-state index contributed by atoms with van der Waals surface area (Å²) in [6.45, 7) is 1.79. The van der Waals surface area contributed by atoms with Gasteiger partial charge in [-0.25, -0.2) is 0 Å². The molecule has 0 aromatic carbocycles. The molecule has 0 spiro atoms. The van der Waals surface area contributed by atoms with Gasteiger partial charge in [0.1, 0.15) is 0 Å². The molecule has 7 heteroatoms. The summed E-state index contributed by atoms with van der Waals surface area (Å²) in [7, 11) is 0.